The molecular formula is C22H31N5O5S3. The van der Waals surface area contributed by atoms with Crippen LogP contribution in [-0.4, -0.2) is 57.9 Å². The minimum Gasteiger partial charge on any atom is -0.504 e. The Balaban J connectivity index is 1.62. The predicted octanol–water partition coefficient (Wildman–Crippen LogP) is 4.24. The fourth-order valence-electron chi connectivity index (χ4n) is 4.24. The van der Waals surface area contributed by atoms with Crippen LogP contribution in [0.1, 0.15) is 49.8 Å². The van der Waals surface area contributed by atoms with Gasteiger partial charge in [-0.2, -0.15) is 13.1 Å². The number of nitrogens with zero attached hydrogens (tertiary/aromatic N) is 4. The highest BCUT2D eigenvalue weighted by Gasteiger charge is 2.38. The van der Waals surface area contributed by atoms with Crippen LogP contribution in [0.4, 0.5) is 17.3 Å². The number of aliphatic hydroxyl groups is 1. The van der Waals surface area contributed by atoms with E-state index in [2.05, 4.69) is 27.9 Å². The van der Waals surface area contributed by atoms with Crippen molar-refractivity contribution in [2.45, 2.75) is 56.8 Å². The Kier molecular flexibility index (Phi) is 7.44. The standard InChI is InChI=1S/C22H31N5O5S3/c1-12(2)18(17-9-13(3)14(4)32-17)23-20-21(25-34-24-20)26(5)16-11-33-22(19(16)29)35(30,31)27-8-6-7-15(27)10-28/h9,11-12,15,18,28-29H,6-8,10H2,1-5H3,(H,23,24)/t15?,18-/m1/s1. The lowest BCUT2D eigenvalue weighted by Crippen LogP contribution is -2.37. The van der Waals surface area contributed by atoms with Gasteiger partial charge in [-0.15, -0.1) is 11.3 Å². The highest BCUT2D eigenvalue weighted by atomic mass is 32.2. The van der Waals surface area contributed by atoms with Crippen molar-refractivity contribution < 1.29 is 23.0 Å². The van der Waals surface area contributed by atoms with E-state index in [0.717, 1.165) is 40.1 Å². The van der Waals surface area contributed by atoms with Crippen LogP contribution in [0.3, 0.4) is 0 Å². The van der Waals surface area contributed by atoms with Gasteiger partial charge in [0.15, 0.2) is 21.6 Å². The first-order valence-corrected chi connectivity index (χ1v) is 14.4. The Morgan fingerprint density at radius 3 is 2.71 bits per heavy atom. The second-order valence-electron chi connectivity index (χ2n) is 9.10. The molecule has 1 unspecified atom stereocenters. The summed E-state index contributed by atoms with van der Waals surface area (Å²) in [4.78, 5) is 1.63. The Morgan fingerprint density at radius 2 is 2.09 bits per heavy atom. The average Bonchev–Trinajstić information content (AvgIpc) is 3.59. The fourth-order valence-corrected chi connectivity index (χ4v) is 7.90. The van der Waals surface area contributed by atoms with Gasteiger partial charge in [-0.1, -0.05) is 13.8 Å². The number of furan rings is 1. The molecular weight excluding hydrogens is 510 g/mol. The van der Waals surface area contributed by atoms with E-state index in [-0.39, 0.29) is 28.5 Å². The van der Waals surface area contributed by atoms with E-state index in [1.165, 1.54) is 4.31 Å². The first-order valence-electron chi connectivity index (χ1n) is 11.4. The van der Waals surface area contributed by atoms with Crippen LogP contribution in [0, 0.1) is 19.8 Å². The molecule has 13 heteroatoms. The molecule has 1 fully saturated rings. The van der Waals surface area contributed by atoms with E-state index < -0.39 is 16.1 Å². The summed E-state index contributed by atoms with van der Waals surface area (Å²) in [5.41, 5.74) is 1.38. The molecule has 35 heavy (non-hydrogen) atoms. The number of sulfonamides is 1. The third-order valence-electron chi connectivity index (χ3n) is 6.39. The van der Waals surface area contributed by atoms with Crippen molar-refractivity contribution in [2.24, 2.45) is 5.92 Å². The van der Waals surface area contributed by atoms with Gasteiger partial charge >= 0.3 is 0 Å². The van der Waals surface area contributed by atoms with Gasteiger partial charge in [-0.05, 0) is 44.2 Å². The topological polar surface area (TPSA) is 132 Å². The van der Waals surface area contributed by atoms with Crippen molar-refractivity contribution in [2.75, 3.05) is 30.4 Å². The Morgan fingerprint density at radius 1 is 1.34 bits per heavy atom. The third kappa shape index (κ3) is 4.79. The summed E-state index contributed by atoms with van der Waals surface area (Å²) in [5.74, 6) is 2.49. The van der Waals surface area contributed by atoms with Gasteiger partial charge in [0.2, 0.25) is 0 Å². The number of aryl methyl sites for hydroxylation is 2. The molecule has 10 nitrogen and oxygen atoms in total. The van der Waals surface area contributed by atoms with Crippen LogP contribution in [0.25, 0.3) is 0 Å². The van der Waals surface area contributed by atoms with Crippen LogP contribution in [0.2, 0.25) is 0 Å². The average molecular weight is 542 g/mol. The molecule has 3 aromatic heterocycles. The van der Waals surface area contributed by atoms with Gasteiger partial charge in [-0.25, -0.2) is 8.42 Å². The van der Waals surface area contributed by atoms with Crippen molar-refractivity contribution >= 4 is 50.4 Å². The lowest BCUT2D eigenvalue weighted by Gasteiger charge is -2.23. The molecule has 0 aromatic carbocycles. The molecule has 0 saturated carbocycles. The molecule has 1 saturated heterocycles. The second-order valence-corrected chi connectivity index (χ2v) is 12.6. The zero-order valence-electron chi connectivity index (χ0n) is 20.3. The first-order chi connectivity index (χ1) is 16.6. The van der Waals surface area contributed by atoms with Crippen LogP contribution >= 0.6 is 23.1 Å². The lowest BCUT2D eigenvalue weighted by atomic mass is 10.0. The second kappa shape index (κ2) is 10.1. The van der Waals surface area contributed by atoms with Gasteiger partial charge in [0.25, 0.3) is 10.0 Å². The number of aromatic nitrogens is 2. The summed E-state index contributed by atoms with van der Waals surface area (Å²) in [6.07, 6.45) is 1.27. The van der Waals surface area contributed by atoms with Crippen molar-refractivity contribution in [3.8, 4) is 5.75 Å². The molecule has 4 heterocycles. The molecule has 1 aliphatic rings. The van der Waals surface area contributed by atoms with Gasteiger partial charge < -0.3 is 24.8 Å². The number of thiophene rings is 1. The van der Waals surface area contributed by atoms with E-state index in [1.54, 1.807) is 17.3 Å². The van der Waals surface area contributed by atoms with E-state index >= 15 is 0 Å². The van der Waals surface area contributed by atoms with Crippen molar-refractivity contribution in [3.05, 3.63) is 28.5 Å². The van der Waals surface area contributed by atoms with E-state index in [1.807, 2.05) is 19.9 Å². The normalized spacial score (nSPS) is 17.9. The van der Waals surface area contributed by atoms with Gasteiger partial charge in [-0.3, -0.25) is 0 Å². The molecule has 3 N–H and O–H groups in total. The lowest BCUT2D eigenvalue weighted by molar-refractivity contribution is 0.213. The summed E-state index contributed by atoms with van der Waals surface area (Å²) < 4.78 is 42.3. The van der Waals surface area contributed by atoms with E-state index in [9.17, 15) is 18.6 Å². The van der Waals surface area contributed by atoms with Crippen molar-refractivity contribution in [1.82, 2.24) is 13.1 Å². The molecule has 0 spiro atoms. The van der Waals surface area contributed by atoms with Crippen LogP contribution in [-0.2, 0) is 10.0 Å². The molecule has 3 aromatic rings. The van der Waals surface area contributed by atoms with Gasteiger partial charge in [0.05, 0.1) is 30.1 Å². The maximum Gasteiger partial charge on any atom is 0.256 e. The van der Waals surface area contributed by atoms with Crippen LogP contribution < -0.4 is 10.2 Å². The minimum absolute atomic E-state index is 0.140. The summed E-state index contributed by atoms with van der Waals surface area (Å²) in [6, 6.07) is 1.38. The number of rotatable bonds is 9. The van der Waals surface area contributed by atoms with E-state index in [0.29, 0.717) is 36.7 Å². The van der Waals surface area contributed by atoms with Crippen molar-refractivity contribution in [3.63, 3.8) is 0 Å². The molecule has 2 atom stereocenters. The largest absolute Gasteiger partial charge is 0.504 e. The third-order valence-corrected chi connectivity index (χ3v) is 10.3. The first kappa shape index (κ1) is 25.9. The molecule has 192 valence electrons. The molecule has 0 amide bonds. The Bertz CT molecular complexity index is 1260. The Hall–Kier alpha value is -2.19. The quantitative estimate of drug-likeness (QED) is 0.364. The van der Waals surface area contributed by atoms with Crippen LogP contribution in [0.5, 0.6) is 5.75 Å². The molecule has 0 bridgehead atoms. The van der Waals surface area contributed by atoms with Crippen molar-refractivity contribution in [1.29, 1.82) is 0 Å². The highest BCUT2D eigenvalue weighted by Crippen LogP contribution is 2.45. The van der Waals surface area contributed by atoms with Gasteiger partial charge in [0, 0.05) is 25.0 Å². The molecule has 0 radical (unpaired) electrons. The fraction of sp³-hybridized carbons (Fsp3) is 0.545. The minimum atomic E-state index is -3.94. The summed E-state index contributed by atoms with van der Waals surface area (Å²) in [6.45, 7) is 8.16. The summed E-state index contributed by atoms with van der Waals surface area (Å²) in [7, 11) is -2.23. The predicted molar refractivity (Wildman–Crippen MR) is 137 cm³/mol. The number of aromatic hydroxyl groups is 1. The number of hydrogen-bond acceptors (Lipinski definition) is 11. The Labute approximate surface area is 213 Å². The highest BCUT2D eigenvalue weighted by molar-refractivity contribution is 7.91. The zero-order valence-corrected chi connectivity index (χ0v) is 22.8. The molecule has 4 rings (SSSR count). The maximum atomic E-state index is 13.2. The van der Waals surface area contributed by atoms with Gasteiger partial charge in [0.1, 0.15) is 11.5 Å². The smallest absolute Gasteiger partial charge is 0.256 e. The molecule has 1 aliphatic heterocycles. The number of hydrogen-bond donors (Lipinski definition) is 3. The van der Waals surface area contributed by atoms with E-state index in [4.69, 9.17) is 4.42 Å². The maximum absolute atomic E-state index is 13.2. The SMILES string of the molecule is Cc1cc([C@H](Nc2nsnc2N(C)c2csc(S(=O)(=O)N3CCCC3CO)c2O)C(C)C)oc1C. The number of nitrogens with one attached hydrogen (secondary N) is 1. The summed E-state index contributed by atoms with van der Waals surface area (Å²) in [5, 5.41) is 25.5. The van der Waals surface area contributed by atoms with Crippen LogP contribution in [0.15, 0.2) is 20.1 Å². The summed E-state index contributed by atoms with van der Waals surface area (Å²) >= 11 is 1.97. The monoisotopic (exact) mass is 541 g/mol. The number of aliphatic hydroxyl groups excluding tert-OH is 1. The zero-order chi connectivity index (χ0) is 25.5. The molecule has 0 aliphatic carbocycles. The number of anilines is 3.